The molecule has 9 heteroatoms. The van der Waals surface area contributed by atoms with Crippen molar-refractivity contribution in [3.63, 3.8) is 0 Å². The van der Waals surface area contributed by atoms with Crippen LogP contribution >= 0.6 is 0 Å². The van der Waals surface area contributed by atoms with Gasteiger partial charge >= 0.3 is 6.18 Å². The predicted octanol–water partition coefficient (Wildman–Crippen LogP) is 7.52. The topological polar surface area (TPSA) is 75.5 Å². The second-order valence-corrected chi connectivity index (χ2v) is 11.1. The molecule has 2 aromatic heterocycles. The molecule has 2 aromatic carbocycles. The van der Waals surface area contributed by atoms with Crippen LogP contribution in [0.15, 0.2) is 54.9 Å². The Bertz CT molecular complexity index is 1650. The van der Waals surface area contributed by atoms with Crippen LogP contribution in [-0.2, 0) is 0 Å². The number of aryl methyl sites for hydroxylation is 2. The summed E-state index contributed by atoms with van der Waals surface area (Å²) in [6.07, 6.45) is 0.640. The Kier molecular flexibility index (Phi) is 7.40. The normalized spacial score (nSPS) is 14.2. The Morgan fingerprint density at radius 2 is 1.63 bits per heavy atom. The molecule has 5 rings (SSSR count). The molecule has 214 valence electrons. The molecule has 2 heterocycles. The van der Waals surface area contributed by atoms with Crippen molar-refractivity contribution >= 4 is 23.0 Å². The van der Waals surface area contributed by atoms with Crippen molar-refractivity contribution in [1.29, 1.82) is 0 Å². The van der Waals surface area contributed by atoms with Gasteiger partial charge in [-0.2, -0.15) is 13.2 Å². The Hall–Kier alpha value is -4.14. The van der Waals surface area contributed by atoms with Crippen molar-refractivity contribution in [2.45, 2.75) is 65.1 Å². The first-order valence-electron chi connectivity index (χ1n) is 13.8. The standard InChI is InChI=1S/C32H33F3N4O2/c1-5-28(40)24-8-7-22(15-19(24)2)27-17-37-29-26(36-13-12-32(33,34)35)16-23(18-39(27)29)21-6-9-25(20(3)14-21)30(41)38-31(4)10-11-31/h6-9,14-18,36H,5,10-13H2,1-4H3,(H,38,41). The molecule has 0 atom stereocenters. The van der Waals surface area contributed by atoms with E-state index in [0.29, 0.717) is 28.9 Å². The Balaban J connectivity index is 1.56. The molecule has 41 heavy (non-hydrogen) atoms. The number of ketones is 1. The molecular weight excluding hydrogens is 529 g/mol. The molecule has 0 unspecified atom stereocenters. The molecular formula is C32H33F3N4O2. The zero-order valence-electron chi connectivity index (χ0n) is 23.6. The number of alkyl halides is 3. The molecule has 0 saturated heterocycles. The molecule has 0 bridgehead atoms. The summed E-state index contributed by atoms with van der Waals surface area (Å²) in [5, 5.41) is 6.01. The number of nitrogens with one attached hydrogen (secondary N) is 2. The quantitative estimate of drug-likeness (QED) is 0.207. The minimum Gasteiger partial charge on any atom is -0.382 e. The summed E-state index contributed by atoms with van der Waals surface area (Å²) in [5.74, 6) is -0.0550. The number of imidazole rings is 1. The van der Waals surface area contributed by atoms with Crippen LogP contribution in [-0.4, -0.2) is 39.3 Å². The van der Waals surface area contributed by atoms with E-state index < -0.39 is 12.6 Å². The summed E-state index contributed by atoms with van der Waals surface area (Å²) >= 11 is 0. The first-order chi connectivity index (χ1) is 19.4. The molecule has 4 aromatic rings. The summed E-state index contributed by atoms with van der Waals surface area (Å²) < 4.78 is 40.6. The highest BCUT2D eigenvalue weighted by molar-refractivity contribution is 5.98. The van der Waals surface area contributed by atoms with E-state index in [1.54, 1.807) is 24.4 Å². The fourth-order valence-electron chi connectivity index (χ4n) is 5.01. The molecule has 1 aliphatic rings. The van der Waals surface area contributed by atoms with Gasteiger partial charge in [0.05, 0.1) is 24.0 Å². The minimum atomic E-state index is -4.29. The minimum absolute atomic E-state index is 0.0596. The molecule has 0 radical (unpaired) electrons. The number of fused-ring (bicyclic) bond motifs is 1. The van der Waals surface area contributed by atoms with Gasteiger partial charge in [-0.15, -0.1) is 0 Å². The molecule has 0 aliphatic heterocycles. The maximum atomic E-state index is 12.9. The lowest BCUT2D eigenvalue weighted by molar-refractivity contribution is -0.131. The molecule has 2 N–H and O–H groups in total. The maximum absolute atomic E-state index is 12.9. The zero-order valence-corrected chi connectivity index (χ0v) is 23.6. The molecule has 1 amide bonds. The Labute approximate surface area is 237 Å². The molecule has 1 aliphatic carbocycles. The third kappa shape index (κ3) is 6.14. The van der Waals surface area contributed by atoms with Crippen LogP contribution < -0.4 is 10.6 Å². The van der Waals surface area contributed by atoms with Crippen molar-refractivity contribution < 1.29 is 22.8 Å². The smallest absolute Gasteiger partial charge is 0.382 e. The third-order valence-corrected chi connectivity index (χ3v) is 7.69. The van der Waals surface area contributed by atoms with Crippen LogP contribution in [0.2, 0.25) is 0 Å². The lowest BCUT2D eigenvalue weighted by Gasteiger charge is -2.16. The first-order valence-corrected chi connectivity index (χ1v) is 13.8. The number of amides is 1. The highest BCUT2D eigenvalue weighted by Crippen LogP contribution is 2.35. The van der Waals surface area contributed by atoms with Gasteiger partial charge in [-0.25, -0.2) is 4.98 Å². The summed E-state index contributed by atoms with van der Waals surface area (Å²) in [7, 11) is 0. The summed E-state index contributed by atoms with van der Waals surface area (Å²) in [6, 6.07) is 12.9. The second kappa shape index (κ2) is 10.7. The number of hydrogen-bond acceptors (Lipinski definition) is 4. The molecule has 6 nitrogen and oxygen atoms in total. The Morgan fingerprint density at radius 1 is 0.976 bits per heavy atom. The third-order valence-electron chi connectivity index (χ3n) is 7.69. The van der Waals surface area contributed by atoms with E-state index in [-0.39, 0.29) is 23.8 Å². The van der Waals surface area contributed by atoms with Crippen molar-refractivity contribution in [1.82, 2.24) is 14.7 Å². The summed E-state index contributed by atoms with van der Waals surface area (Å²) in [4.78, 5) is 29.7. The molecule has 0 spiro atoms. The first kappa shape index (κ1) is 28.4. The van der Waals surface area contributed by atoms with Gasteiger partial charge in [0, 0.05) is 47.0 Å². The number of nitrogens with zero attached hydrogens (tertiary/aromatic N) is 2. The van der Waals surface area contributed by atoms with Crippen LogP contribution in [0.25, 0.3) is 28.0 Å². The summed E-state index contributed by atoms with van der Waals surface area (Å²) in [5.41, 5.74) is 6.85. The monoisotopic (exact) mass is 562 g/mol. The highest BCUT2D eigenvalue weighted by Gasteiger charge is 2.39. The maximum Gasteiger partial charge on any atom is 0.390 e. The van der Waals surface area contributed by atoms with Crippen molar-refractivity contribution in [2.75, 3.05) is 11.9 Å². The number of Topliss-reactive ketones (excluding diaryl/α,β-unsaturated/α-hetero) is 1. The van der Waals surface area contributed by atoms with E-state index >= 15 is 0 Å². The number of benzene rings is 2. The van der Waals surface area contributed by atoms with E-state index in [2.05, 4.69) is 15.6 Å². The van der Waals surface area contributed by atoms with Gasteiger partial charge in [-0.05, 0) is 68.5 Å². The number of hydrogen-bond donors (Lipinski definition) is 2. The number of anilines is 1. The second-order valence-electron chi connectivity index (χ2n) is 11.1. The number of rotatable bonds is 9. The van der Waals surface area contributed by atoms with E-state index in [1.807, 2.05) is 62.6 Å². The molecule has 1 fully saturated rings. The molecule has 1 saturated carbocycles. The lowest BCUT2D eigenvalue weighted by atomic mass is 9.99. The van der Waals surface area contributed by atoms with E-state index in [9.17, 15) is 22.8 Å². The lowest BCUT2D eigenvalue weighted by Crippen LogP contribution is -2.34. The van der Waals surface area contributed by atoms with Gasteiger partial charge in [-0.3, -0.25) is 14.0 Å². The van der Waals surface area contributed by atoms with Crippen molar-refractivity contribution in [2.24, 2.45) is 0 Å². The van der Waals surface area contributed by atoms with Gasteiger partial charge in [0.25, 0.3) is 5.91 Å². The highest BCUT2D eigenvalue weighted by atomic mass is 19.4. The average molecular weight is 563 g/mol. The van der Waals surface area contributed by atoms with Gasteiger partial charge in [0.1, 0.15) is 0 Å². The fourth-order valence-corrected chi connectivity index (χ4v) is 5.01. The number of carbonyl (C=O) groups excluding carboxylic acids is 2. The van der Waals surface area contributed by atoms with Crippen LogP contribution in [0.5, 0.6) is 0 Å². The number of halogens is 3. The van der Waals surface area contributed by atoms with Crippen LogP contribution in [0.3, 0.4) is 0 Å². The number of aromatic nitrogens is 2. The van der Waals surface area contributed by atoms with Gasteiger partial charge in [0.2, 0.25) is 0 Å². The number of pyridine rings is 1. The van der Waals surface area contributed by atoms with Crippen LogP contribution in [0.4, 0.5) is 18.9 Å². The van der Waals surface area contributed by atoms with Crippen LogP contribution in [0, 0.1) is 13.8 Å². The number of carbonyl (C=O) groups is 2. The predicted molar refractivity (Wildman–Crippen MR) is 154 cm³/mol. The average Bonchev–Trinajstić information content (AvgIpc) is 3.47. The fraction of sp³-hybridized carbons (Fsp3) is 0.344. The zero-order chi connectivity index (χ0) is 29.5. The SMILES string of the molecule is CCC(=O)c1ccc(-c2cnc3c(NCCC(F)(F)F)cc(-c4ccc(C(=O)NC5(C)CC5)c(C)c4)cn23)cc1C. The largest absolute Gasteiger partial charge is 0.390 e. The summed E-state index contributed by atoms with van der Waals surface area (Å²) in [6.45, 7) is 7.31. The van der Waals surface area contributed by atoms with Crippen molar-refractivity contribution in [3.05, 3.63) is 77.1 Å². The van der Waals surface area contributed by atoms with Gasteiger partial charge in [-0.1, -0.05) is 31.2 Å². The van der Waals surface area contributed by atoms with E-state index in [4.69, 9.17) is 0 Å². The van der Waals surface area contributed by atoms with Crippen LogP contribution in [0.1, 0.15) is 71.4 Å². The van der Waals surface area contributed by atoms with Gasteiger partial charge in [0.15, 0.2) is 11.4 Å². The van der Waals surface area contributed by atoms with Crippen molar-refractivity contribution in [3.8, 4) is 22.4 Å². The Morgan fingerprint density at radius 3 is 2.27 bits per heavy atom. The van der Waals surface area contributed by atoms with E-state index in [0.717, 1.165) is 46.4 Å². The van der Waals surface area contributed by atoms with Gasteiger partial charge < -0.3 is 10.6 Å². The van der Waals surface area contributed by atoms with E-state index in [1.165, 1.54) is 0 Å².